The SMILES string of the molecule is CC1(S(N)(=O)=O)C=CC(C(F)(F)F)=CC1I. The van der Waals surface area contributed by atoms with Crippen molar-refractivity contribution >= 4 is 32.6 Å². The Kier molecular flexibility index (Phi) is 3.48. The van der Waals surface area contributed by atoms with Gasteiger partial charge in [0.15, 0.2) is 0 Å². The van der Waals surface area contributed by atoms with Gasteiger partial charge < -0.3 is 0 Å². The topological polar surface area (TPSA) is 60.2 Å². The highest BCUT2D eigenvalue weighted by Crippen LogP contribution is 2.38. The number of rotatable bonds is 1. The van der Waals surface area contributed by atoms with Crippen molar-refractivity contribution in [2.24, 2.45) is 5.14 Å². The maximum Gasteiger partial charge on any atom is 0.416 e. The molecular formula is C8H9F3INO2S. The number of allylic oxidation sites excluding steroid dienone is 3. The van der Waals surface area contributed by atoms with E-state index in [1.807, 2.05) is 0 Å². The first-order chi connectivity index (χ1) is 6.98. The Hall–Kier alpha value is -0.0900. The highest BCUT2D eigenvalue weighted by molar-refractivity contribution is 14.1. The molecule has 2 unspecified atom stereocenters. The van der Waals surface area contributed by atoms with Crippen LogP contribution < -0.4 is 5.14 Å². The fraction of sp³-hybridized carbons (Fsp3) is 0.500. The average molecular weight is 367 g/mol. The van der Waals surface area contributed by atoms with Crippen molar-refractivity contribution in [2.75, 3.05) is 0 Å². The van der Waals surface area contributed by atoms with E-state index in [0.29, 0.717) is 0 Å². The molecule has 0 saturated carbocycles. The van der Waals surface area contributed by atoms with Gasteiger partial charge in [-0.3, -0.25) is 0 Å². The summed E-state index contributed by atoms with van der Waals surface area (Å²) in [5.74, 6) is 0. The number of halogens is 4. The minimum atomic E-state index is -4.47. The second-order valence-corrected chi connectivity index (χ2v) is 6.90. The van der Waals surface area contributed by atoms with Crippen LogP contribution in [0, 0.1) is 0 Å². The second-order valence-electron chi connectivity index (χ2n) is 3.58. The van der Waals surface area contributed by atoms with Crippen LogP contribution in [0.2, 0.25) is 0 Å². The van der Waals surface area contributed by atoms with Gasteiger partial charge in [-0.05, 0) is 6.92 Å². The Morgan fingerprint density at radius 2 is 2.00 bits per heavy atom. The molecule has 0 heterocycles. The lowest BCUT2D eigenvalue weighted by molar-refractivity contribution is -0.0886. The molecule has 0 fully saturated rings. The molecule has 1 rings (SSSR count). The van der Waals surface area contributed by atoms with E-state index >= 15 is 0 Å². The fourth-order valence-electron chi connectivity index (χ4n) is 1.17. The standard InChI is InChI=1S/C8H9F3INO2S/c1-7(16(13,14)15)3-2-5(4-6(7)12)8(9,10)11/h2-4,6H,1H3,(H2,13,14,15). The Morgan fingerprint density at radius 3 is 2.31 bits per heavy atom. The van der Waals surface area contributed by atoms with Crippen molar-refractivity contribution < 1.29 is 21.6 Å². The van der Waals surface area contributed by atoms with E-state index in [-0.39, 0.29) is 0 Å². The number of sulfonamides is 1. The van der Waals surface area contributed by atoms with E-state index in [9.17, 15) is 21.6 Å². The second kappa shape index (κ2) is 3.98. The van der Waals surface area contributed by atoms with Crippen LogP contribution >= 0.6 is 22.6 Å². The van der Waals surface area contributed by atoms with Gasteiger partial charge in [0.05, 0.1) is 9.50 Å². The molecule has 0 aromatic heterocycles. The third kappa shape index (κ3) is 2.43. The Balaban J connectivity index is 3.17. The van der Waals surface area contributed by atoms with E-state index in [4.69, 9.17) is 5.14 Å². The molecule has 2 N–H and O–H groups in total. The minimum Gasteiger partial charge on any atom is -0.228 e. The number of nitrogens with two attached hydrogens (primary N) is 1. The van der Waals surface area contributed by atoms with Crippen LogP contribution in [0.4, 0.5) is 13.2 Å². The van der Waals surface area contributed by atoms with Crippen LogP contribution in [0.25, 0.3) is 0 Å². The van der Waals surface area contributed by atoms with Crippen molar-refractivity contribution in [3.05, 3.63) is 23.8 Å². The smallest absolute Gasteiger partial charge is 0.228 e. The van der Waals surface area contributed by atoms with Crippen LogP contribution in [-0.4, -0.2) is 23.3 Å². The minimum absolute atomic E-state index is 0.750. The van der Waals surface area contributed by atoms with Gasteiger partial charge >= 0.3 is 6.18 Å². The summed E-state index contributed by atoms with van der Waals surface area (Å²) in [5.41, 5.74) is -0.854. The first-order valence-electron chi connectivity index (χ1n) is 4.13. The highest BCUT2D eigenvalue weighted by Gasteiger charge is 2.45. The maximum atomic E-state index is 12.4. The Morgan fingerprint density at radius 1 is 1.50 bits per heavy atom. The van der Waals surface area contributed by atoms with Crippen molar-refractivity contribution in [1.82, 2.24) is 0 Å². The van der Waals surface area contributed by atoms with Gasteiger partial charge in [-0.2, -0.15) is 13.2 Å². The van der Waals surface area contributed by atoms with E-state index in [1.165, 1.54) is 6.92 Å². The van der Waals surface area contributed by atoms with E-state index in [1.54, 1.807) is 22.6 Å². The summed E-state index contributed by atoms with van der Waals surface area (Å²) in [7, 11) is -3.95. The monoisotopic (exact) mass is 367 g/mol. The van der Waals surface area contributed by atoms with Crippen molar-refractivity contribution in [2.45, 2.75) is 21.8 Å². The molecule has 8 heteroatoms. The predicted octanol–water partition coefficient (Wildman–Crippen LogP) is 1.90. The average Bonchev–Trinajstić information content (AvgIpc) is 2.05. The molecule has 0 aliphatic heterocycles. The fourth-order valence-corrected chi connectivity index (χ4v) is 3.46. The van der Waals surface area contributed by atoms with Crippen LogP contribution in [0.3, 0.4) is 0 Å². The molecule has 0 spiro atoms. The quantitative estimate of drug-likeness (QED) is 0.569. The summed E-state index contributed by atoms with van der Waals surface area (Å²) in [6, 6.07) is 0. The molecule has 16 heavy (non-hydrogen) atoms. The van der Waals surface area contributed by atoms with Crippen molar-refractivity contribution in [1.29, 1.82) is 0 Å². The van der Waals surface area contributed by atoms with Gasteiger partial charge in [0, 0.05) is 0 Å². The van der Waals surface area contributed by atoms with E-state index in [2.05, 4.69) is 0 Å². The summed E-state index contributed by atoms with van der Waals surface area (Å²) in [4.78, 5) is 0. The molecular weight excluding hydrogens is 358 g/mol. The lowest BCUT2D eigenvalue weighted by Gasteiger charge is -2.30. The third-order valence-corrected chi connectivity index (χ3v) is 6.10. The third-order valence-electron chi connectivity index (χ3n) is 2.41. The zero-order valence-corrected chi connectivity index (χ0v) is 11.1. The molecule has 0 aromatic carbocycles. The number of alkyl halides is 4. The molecule has 92 valence electrons. The zero-order chi connectivity index (χ0) is 12.8. The summed E-state index contributed by atoms with van der Waals surface area (Å²) in [5, 5.41) is 5.00. The van der Waals surface area contributed by atoms with Crippen molar-refractivity contribution in [3.63, 3.8) is 0 Å². The Labute approximate surface area is 105 Å². The largest absolute Gasteiger partial charge is 0.416 e. The maximum absolute atomic E-state index is 12.4. The molecule has 0 amide bonds. The molecule has 1 aliphatic rings. The number of hydrogen-bond acceptors (Lipinski definition) is 2. The molecule has 1 aliphatic carbocycles. The van der Waals surface area contributed by atoms with Gasteiger partial charge in [-0.15, -0.1) is 0 Å². The summed E-state index contributed by atoms with van der Waals surface area (Å²) in [6.07, 6.45) is -1.87. The summed E-state index contributed by atoms with van der Waals surface area (Å²) < 4.78 is 57.3. The summed E-state index contributed by atoms with van der Waals surface area (Å²) >= 11 is 1.63. The molecule has 3 nitrogen and oxygen atoms in total. The number of primary sulfonamides is 1. The van der Waals surface area contributed by atoms with Gasteiger partial charge in [0.25, 0.3) is 0 Å². The number of hydrogen-bond donors (Lipinski definition) is 1. The molecule has 0 bridgehead atoms. The van der Waals surface area contributed by atoms with E-state index in [0.717, 1.165) is 18.2 Å². The zero-order valence-electron chi connectivity index (χ0n) is 8.12. The normalized spacial score (nSPS) is 31.4. The highest BCUT2D eigenvalue weighted by atomic mass is 127. The molecule has 0 aromatic rings. The van der Waals surface area contributed by atoms with Gasteiger partial charge in [-0.1, -0.05) is 40.8 Å². The van der Waals surface area contributed by atoms with Crippen LogP contribution in [0.15, 0.2) is 23.8 Å². The van der Waals surface area contributed by atoms with Gasteiger partial charge in [-0.25, -0.2) is 13.6 Å². The van der Waals surface area contributed by atoms with Gasteiger partial charge in [0.1, 0.15) is 4.75 Å². The summed E-state index contributed by atoms with van der Waals surface area (Å²) in [6.45, 7) is 1.29. The molecule has 0 radical (unpaired) electrons. The van der Waals surface area contributed by atoms with Crippen LogP contribution in [0.5, 0.6) is 0 Å². The first-order valence-corrected chi connectivity index (χ1v) is 6.92. The van der Waals surface area contributed by atoms with Gasteiger partial charge in [0.2, 0.25) is 10.0 Å². The van der Waals surface area contributed by atoms with Crippen LogP contribution in [0.1, 0.15) is 6.92 Å². The lowest BCUT2D eigenvalue weighted by atomic mass is 9.97. The lowest BCUT2D eigenvalue weighted by Crippen LogP contribution is -2.47. The van der Waals surface area contributed by atoms with Crippen molar-refractivity contribution in [3.8, 4) is 0 Å². The van der Waals surface area contributed by atoms with Crippen LogP contribution in [-0.2, 0) is 10.0 Å². The Bertz CT molecular complexity index is 454. The molecule has 0 saturated heterocycles. The van der Waals surface area contributed by atoms with E-state index < -0.39 is 30.4 Å². The first kappa shape index (κ1) is 14.0. The molecule has 2 atom stereocenters. The predicted molar refractivity (Wildman–Crippen MR) is 62.6 cm³/mol.